The van der Waals surface area contributed by atoms with Gasteiger partial charge in [-0.2, -0.15) is 15.0 Å². The lowest BCUT2D eigenvalue weighted by Crippen LogP contribution is -2.53. The van der Waals surface area contributed by atoms with Gasteiger partial charge in [-0.25, -0.2) is 9.78 Å². The Labute approximate surface area is 227 Å². The highest BCUT2D eigenvalue weighted by Gasteiger charge is 2.53. The number of aromatic nitrogens is 4. The fraction of sp³-hybridized carbons (Fsp3) is 0.593. The van der Waals surface area contributed by atoms with Crippen LogP contribution in [-0.4, -0.2) is 70.3 Å². The van der Waals surface area contributed by atoms with Crippen LogP contribution in [0.4, 0.5) is 28.3 Å². The standard InChI is InChI=1S/C27H36N8O2S/c1-4-37-26(36)35-11-9-34(10-12-35)25-32-23(28-15-17-5-6-18-13-20(17)27(18,2)3)31-24(33-25)30-19-7-8-21-22(14-19)38-16-29-21/h7-8,14,16-18,20H,4-6,9-13,15H2,1-3H3,(H2,28,30,31,32,33)/t17?,18?,20-/m0/s1. The minimum Gasteiger partial charge on any atom is -0.450 e. The molecule has 2 aromatic heterocycles. The quantitative estimate of drug-likeness (QED) is 0.432. The number of anilines is 4. The van der Waals surface area contributed by atoms with E-state index in [2.05, 4.69) is 40.4 Å². The average molecular weight is 537 g/mol. The molecule has 10 nitrogen and oxygen atoms in total. The van der Waals surface area contributed by atoms with Crippen LogP contribution in [0.25, 0.3) is 10.2 Å². The van der Waals surface area contributed by atoms with Gasteiger partial charge >= 0.3 is 6.09 Å². The van der Waals surface area contributed by atoms with Crippen molar-refractivity contribution in [2.75, 3.05) is 54.9 Å². The number of fused-ring (bicyclic) bond motifs is 3. The maximum absolute atomic E-state index is 12.2. The zero-order valence-electron chi connectivity index (χ0n) is 22.3. The van der Waals surface area contributed by atoms with Gasteiger partial charge < -0.3 is 25.2 Å². The Balaban J connectivity index is 1.20. The molecule has 3 aliphatic carbocycles. The highest BCUT2D eigenvalue weighted by Crippen LogP contribution is 2.61. The summed E-state index contributed by atoms with van der Waals surface area (Å²) in [6.07, 6.45) is 3.66. The monoisotopic (exact) mass is 536 g/mol. The molecule has 2 unspecified atom stereocenters. The second kappa shape index (κ2) is 10.2. The summed E-state index contributed by atoms with van der Waals surface area (Å²) in [5.41, 5.74) is 4.18. The molecule has 0 radical (unpaired) electrons. The van der Waals surface area contributed by atoms with E-state index in [1.54, 1.807) is 16.2 Å². The molecule has 4 fully saturated rings. The van der Waals surface area contributed by atoms with Gasteiger partial charge in [0.1, 0.15) is 0 Å². The van der Waals surface area contributed by atoms with Gasteiger partial charge in [0.25, 0.3) is 0 Å². The third-order valence-electron chi connectivity index (χ3n) is 8.82. The van der Waals surface area contributed by atoms with Crippen LogP contribution in [0.1, 0.15) is 40.0 Å². The minimum absolute atomic E-state index is 0.264. The number of ether oxygens (including phenoxy) is 1. The lowest BCUT2D eigenvalue weighted by molar-refractivity contribution is -0.100. The highest BCUT2D eigenvalue weighted by atomic mass is 32.1. The van der Waals surface area contributed by atoms with Crippen molar-refractivity contribution in [3.63, 3.8) is 0 Å². The molecule has 1 amide bonds. The molecule has 1 saturated heterocycles. The smallest absolute Gasteiger partial charge is 0.409 e. The number of thiazole rings is 1. The number of carbonyl (C=O) groups is 1. The summed E-state index contributed by atoms with van der Waals surface area (Å²) in [7, 11) is 0. The van der Waals surface area contributed by atoms with Gasteiger partial charge in [-0.3, -0.25) is 0 Å². The Morgan fingerprint density at radius 2 is 1.95 bits per heavy atom. The van der Waals surface area contributed by atoms with E-state index in [1.165, 1.54) is 19.3 Å². The Hall–Kier alpha value is -3.21. The molecule has 38 heavy (non-hydrogen) atoms. The lowest BCUT2D eigenvalue weighted by Gasteiger charge is -2.60. The predicted molar refractivity (Wildman–Crippen MR) is 150 cm³/mol. The van der Waals surface area contributed by atoms with Crippen molar-refractivity contribution in [3.8, 4) is 0 Å². The Kier molecular flexibility index (Phi) is 6.71. The topological polar surface area (TPSA) is 108 Å². The second-order valence-corrected chi connectivity index (χ2v) is 12.1. The summed E-state index contributed by atoms with van der Waals surface area (Å²) in [5.74, 6) is 3.97. The van der Waals surface area contributed by atoms with Crippen molar-refractivity contribution < 1.29 is 9.53 Å². The second-order valence-electron chi connectivity index (χ2n) is 11.2. The molecule has 4 aliphatic rings. The number of benzene rings is 1. The number of nitrogens with one attached hydrogen (secondary N) is 2. The third-order valence-corrected chi connectivity index (χ3v) is 9.61. The van der Waals surface area contributed by atoms with Gasteiger partial charge in [-0.15, -0.1) is 11.3 Å². The lowest BCUT2D eigenvalue weighted by atomic mass is 9.45. The van der Waals surface area contributed by atoms with E-state index >= 15 is 0 Å². The molecule has 11 heteroatoms. The van der Waals surface area contributed by atoms with Gasteiger partial charge in [-0.05, 0) is 67.6 Å². The van der Waals surface area contributed by atoms with Crippen molar-refractivity contribution in [2.24, 2.45) is 23.2 Å². The molecule has 0 spiro atoms. The normalized spacial score (nSPS) is 24.1. The van der Waals surface area contributed by atoms with Crippen LogP contribution in [0.3, 0.4) is 0 Å². The fourth-order valence-electron chi connectivity index (χ4n) is 6.44. The number of nitrogens with zero attached hydrogens (tertiary/aromatic N) is 6. The van der Waals surface area contributed by atoms with Crippen molar-refractivity contribution in [3.05, 3.63) is 23.7 Å². The third kappa shape index (κ3) is 4.83. The summed E-state index contributed by atoms with van der Waals surface area (Å²) >= 11 is 1.61. The minimum atomic E-state index is -0.264. The zero-order chi connectivity index (χ0) is 26.3. The predicted octanol–water partition coefficient (Wildman–Crippen LogP) is 4.99. The molecule has 3 heterocycles. The maximum atomic E-state index is 12.2. The van der Waals surface area contributed by atoms with Crippen LogP contribution in [0.15, 0.2) is 23.7 Å². The van der Waals surface area contributed by atoms with Crippen LogP contribution in [-0.2, 0) is 4.74 Å². The Morgan fingerprint density at radius 1 is 1.13 bits per heavy atom. The molecule has 202 valence electrons. The summed E-state index contributed by atoms with van der Waals surface area (Å²) < 4.78 is 6.28. The van der Waals surface area contributed by atoms with E-state index < -0.39 is 0 Å². The number of hydrogen-bond acceptors (Lipinski definition) is 10. The molecule has 3 atom stereocenters. The number of rotatable bonds is 7. The largest absolute Gasteiger partial charge is 0.450 e. The van der Waals surface area contributed by atoms with E-state index in [1.807, 2.05) is 24.6 Å². The van der Waals surface area contributed by atoms with Gasteiger partial charge in [0.05, 0.1) is 22.3 Å². The Bertz CT molecular complexity index is 1300. The molecular weight excluding hydrogens is 500 g/mol. The van der Waals surface area contributed by atoms with E-state index in [4.69, 9.17) is 19.7 Å². The van der Waals surface area contributed by atoms with Crippen LogP contribution in [0, 0.1) is 23.2 Å². The SMILES string of the molecule is CCOC(=O)N1CCN(c2nc(NCC3CCC4C[C@@H]3C4(C)C)nc(Nc3ccc4ncsc4c3)n2)CC1. The van der Waals surface area contributed by atoms with Crippen molar-refractivity contribution in [2.45, 2.75) is 40.0 Å². The number of carbonyl (C=O) groups excluding carboxylic acids is 1. The first-order valence-corrected chi connectivity index (χ1v) is 14.6. The first-order chi connectivity index (χ1) is 18.4. The van der Waals surface area contributed by atoms with E-state index in [0.717, 1.165) is 34.3 Å². The van der Waals surface area contributed by atoms with Crippen LogP contribution < -0.4 is 15.5 Å². The molecular formula is C27H36N8O2S. The average Bonchev–Trinajstić information content (AvgIpc) is 3.40. The maximum Gasteiger partial charge on any atom is 0.409 e. The molecule has 1 aliphatic heterocycles. The molecule has 3 saturated carbocycles. The van der Waals surface area contributed by atoms with Gasteiger partial charge in [0, 0.05) is 38.4 Å². The molecule has 1 aromatic carbocycles. The first-order valence-electron chi connectivity index (χ1n) is 13.7. The van der Waals surface area contributed by atoms with Crippen LogP contribution >= 0.6 is 11.3 Å². The summed E-state index contributed by atoms with van der Waals surface area (Å²) in [6, 6.07) is 6.06. The van der Waals surface area contributed by atoms with Gasteiger partial charge in [0.2, 0.25) is 17.8 Å². The van der Waals surface area contributed by atoms with E-state index in [0.29, 0.717) is 62.0 Å². The number of hydrogen-bond donors (Lipinski definition) is 2. The van der Waals surface area contributed by atoms with Crippen molar-refractivity contribution in [1.29, 1.82) is 0 Å². The fourth-order valence-corrected chi connectivity index (χ4v) is 7.15. The van der Waals surface area contributed by atoms with Crippen molar-refractivity contribution in [1.82, 2.24) is 24.8 Å². The molecule has 3 aromatic rings. The van der Waals surface area contributed by atoms with Crippen LogP contribution in [0.5, 0.6) is 0 Å². The summed E-state index contributed by atoms with van der Waals surface area (Å²) in [6.45, 7) is 10.3. The number of piperazine rings is 1. The summed E-state index contributed by atoms with van der Waals surface area (Å²) in [5, 5.41) is 6.94. The van der Waals surface area contributed by atoms with Crippen LogP contribution in [0.2, 0.25) is 0 Å². The summed E-state index contributed by atoms with van der Waals surface area (Å²) in [4.78, 5) is 34.7. The zero-order valence-corrected chi connectivity index (χ0v) is 23.1. The molecule has 2 bridgehead atoms. The molecule has 7 rings (SSSR count). The van der Waals surface area contributed by atoms with Gasteiger partial charge in [-0.1, -0.05) is 13.8 Å². The first kappa shape index (κ1) is 25.1. The highest BCUT2D eigenvalue weighted by molar-refractivity contribution is 7.16. The molecule has 2 N–H and O–H groups in total. The van der Waals surface area contributed by atoms with E-state index in [-0.39, 0.29) is 6.09 Å². The van der Waals surface area contributed by atoms with E-state index in [9.17, 15) is 4.79 Å². The Morgan fingerprint density at radius 3 is 2.71 bits per heavy atom. The van der Waals surface area contributed by atoms with Crippen molar-refractivity contribution >= 4 is 51.2 Å². The number of amides is 1. The van der Waals surface area contributed by atoms with Gasteiger partial charge in [0.15, 0.2) is 0 Å².